The molecule has 0 saturated heterocycles. The molecule has 2 unspecified atom stereocenters. The van der Waals surface area contributed by atoms with Crippen LogP contribution in [0.4, 0.5) is 0 Å². The molecule has 0 spiro atoms. The maximum Gasteiger partial charge on any atom is 0.0919 e. The SMILES string of the molecule is C=C(CCC(CC(C)(C)C)NC(=C)NC(C(=C)C)C(C)(C)C)NCC. The topological polar surface area (TPSA) is 36.1 Å². The molecule has 0 aromatic carbocycles. The van der Waals surface area contributed by atoms with Crippen LogP contribution in [0.2, 0.25) is 0 Å². The second kappa shape index (κ2) is 9.94. The zero-order valence-electron chi connectivity index (χ0n) is 18.1. The summed E-state index contributed by atoms with van der Waals surface area (Å²) in [7, 11) is 0. The first-order valence-electron chi connectivity index (χ1n) is 9.55. The van der Waals surface area contributed by atoms with E-state index in [1.54, 1.807) is 0 Å². The van der Waals surface area contributed by atoms with E-state index >= 15 is 0 Å². The Balaban J connectivity index is 4.89. The quantitative estimate of drug-likeness (QED) is 0.441. The molecule has 0 radical (unpaired) electrons. The van der Waals surface area contributed by atoms with Crippen molar-refractivity contribution in [2.24, 2.45) is 10.8 Å². The summed E-state index contributed by atoms with van der Waals surface area (Å²) in [4.78, 5) is 0. The molecule has 25 heavy (non-hydrogen) atoms. The largest absolute Gasteiger partial charge is 0.389 e. The normalized spacial score (nSPS) is 14.4. The van der Waals surface area contributed by atoms with Gasteiger partial charge in [0.15, 0.2) is 0 Å². The van der Waals surface area contributed by atoms with Crippen molar-refractivity contribution in [3.05, 3.63) is 36.8 Å². The van der Waals surface area contributed by atoms with E-state index in [1.807, 2.05) is 0 Å². The molecule has 3 N–H and O–H groups in total. The van der Waals surface area contributed by atoms with Crippen LogP contribution in [0.5, 0.6) is 0 Å². The Labute approximate surface area is 157 Å². The molecule has 2 atom stereocenters. The highest BCUT2D eigenvalue weighted by atomic mass is 15.1. The molecule has 146 valence electrons. The first-order valence-corrected chi connectivity index (χ1v) is 9.55. The summed E-state index contributed by atoms with van der Waals surface area (Å²) in [5, 5.41) is 10.5. The third-order valence-electron chi connectivity index (χ3n) is 4.14. The van der Waals surface area contributed by atoms with Crippen LogP contribution < -0.4 is 16.0 Å². The molecule has 0 bridgehead atoms. The zero-order valence-corrected chi connectivity index (χ0v) is 18.1. The number of rotatable bonds is 11. The molecule has 0 fully saturated rings. The van der Waals surface area contributed by atoms with Gasteiger partial charge in [0.1, 0.15) is 0 Å². The van der Waals surface area contributed by atoms with Gasteiger partial charge < -0.3 is 16.0 Å². The van der Waals surface area contributed by atoms with Crippen molar-refractivity contribution in [1.29, 1.82) is 0 Å². The van der Waals surface area contributed by atoms with Gasteiger partial charge in [0.25, 0.3) is 0 Å². The standard InChI is InChI=1S/C22H43N3/c1-12-23-17(4)13-14-19(15-21(6,7)8)24-18(5)25-20(16(2)3)22(9,10)11/h19-20,23-25H,2,4-5,12-15H2,1,3,6-11H3. The van der Waals surface area contributed by atoms with E-state index in [4.69, 9.17) is 0 Å². The molecule has 0 heterocycles. The minimum Gasteiger partial charge on any atom is -0.389 e. The lowest BCUT2D eigenvalue weighted by Crippen LogP contribution is -2.46. The van der Waals surface area contributed by atoms with Crippen molar-refractivity contribution in [1.82, 2.24) is 16.0 Å². The van der Waals surface area contributed by atoms with Gasteiger partial charge in [-0.3, -0.25) is 0 Å². The van der Waals surface area contributed by atoms with Crippen molar-refractivity contribution in [3.8, 4) is 0 Å². The molecule has 0 aromatic heterocycles. The van der Waals surface area contributed by atoms with E-state index in [0.29, 0.717) is 6.04 Å². The predicted molar refractivity (Wildman–Crippen MR) is 113 cm³/mol. The lowest BCUT2D eigenvalue weighted by Gasteiger charge is -2.35. The smallest absolute Gasteiger partial charge is 0.0919 e. The first-order chi connectivity index (χ1) is 11.3. The fraction of sp³-hybridized carbons (Fsp3) is 0.727. The highest BCUT2D eigenvalue weighted by Crippen LogP contribution is 2.26. The van der Waals surface area contributed by atoms with Crippen LogP contribution in [0.3, 0.4) is 0 Å². The summed E-state index contributed by atoms with van der Waals surface area (Å²) in [5.74, 6) is 0.881. The fourth-order valence-electron chi connectivity index (χ4n) is 3.19. The second-order valence-electron chi connectivity index (χ2n) is 9.55. The molecule has 0 rings (SSSR count). The highest BCUT2D eigenvalue weighted by Gasteiger charge is 2.26. The number of allylic oxidation sites excluding steroid dienone is 1. The van der Waals surface area contributed by atoms with Crippen LogP contribution in [0.1, 0.15) is 74.7 Å². The first kappa shape index (κ1) is 23.6. The van der Waals surface area contributed by atoms with Crippen molar-refractivity contribution >= 4 is 0 Å². The summed E-state index contributed by atoms with van der Waals surface area (Å²) < 4.78 is 0. The number of hydrogen-bond donors (Lipinski definition) is 3. The average Bonchev–Trinajstić information content (AvgIpc) is 2.39. The summed E-state index contributed by atoms with van der Waals surface area (Å²) in [6, 6.07) is 0.556. The Kier molecular flexibility index (Phi) is 9.39. The zero-order chi connectivity index (χ0) is 19.8. The van der Waals surface area contributed by atoms with Crippen molar-refractivity contribution < 1.29 is 0 Å². The maximum absolute atomic E-state index is 4.22. The average molecular weight is 350 g/mol. The minimum absolute atomic E-state index is 0.0926. The summed E-state index contributed by atoms with van der Waals surface area (Å²) in [5.41, 5.74) is 2.59. The van der Waals surface area contributed by atoms with Crippen molar-refractivity contribution in [2.45, 2.75) is 86.7 Å². The van der Waals surface area contributed by atoms with Gasteiger partial charge in [-0.15, -0.1) is 0 Å². The highest BCUT2D eigenvalue weighted by molar-refractivity contribution is 5.11. The van der Waals surface area contributed by atoms with Gasteiger partial charge in [0.05, 0.1) is 11.9 Å². The minimum atomic E-state index is 0.0926. The number of nitrogens with one attached hydrogen (secondary N) is 3. The van der Waals surface area contributed by atoms with Crippen LogP contribution in [0.15, 0.2) is 36.8 Å². The van der Waals surface area contributed by atoms with E-state index in [1.165, 1.54) is 0 Å². The summed E-state index contributed by atoms with van der Waals surface area (Å²) in [6.45, 7) is 31.1. The van der Waals surface area contributed by atoms with E-state index < -0.39 is 0 Å². The molecule has 0 amide bonds. The third kappa shape index (κ3) is 11.0. The van der Waals surface area contributed by atoms with Crippen LogP contribution in [-0.4, -0.2) is 18.6 Å². The fourth-order valence-corrected chi connectivity index (χ4v) is 3.19. The molecule has 3 nitrogen and oxygen atoms in total. The molecule has 3 heteroatoms. The van der Waals surface area contributed by atoms with Crippen molar-refractivity contribution in [2.75, 3.05) is 6.54 Å². The molecule has 0 aliphatic rings. The van der Waals surface area contributed by atoms with Crippen molar-refractivity contribution in [3.63, 3.8) is 0 Å². The van der Waals surface area contributed by atoms with Gasteiger partial charge in [-0.25, -0.2) is 0 Å². The molecular formula is C22H43N3. The molecule has 0 saturated carbocycles. The molecule has 0 aliphatic carbocycles. The summed E-state index contributed by atoms with van der Waals surface area (Å²) >= 11 is 0. The second-order valence-corrected chi connectivity index (χ2v) is 9.55. The third-order valence-corrected chi connectivity index (χ3v) is 4.14. The van der Waals surface area contributed by atoms with Gasteiger partial charge in [-0.05, 0) is 43.9 Å². The van der Waals surface area contributed by atoms with Gasteiger partial charge in [-0.1, -0.05) is 66.9 Å². The van der Waals surface area contributed by atoms with E-state index in [0.717, 1.165) is 42.9 Å². The van der Waals surface area contributed by atoms with Crippen LogP contribution in [0, 0.1) is 10.8 Å². The van der Waals surface area contributed by atoms with Crippen LogP contribution >= 0.6 is 0 Å². The van der Waals surface area contributed by atoms with Gasteiger partial charge in [-0.2, -0.15) is 0 Å². The van der Waals surface area contributed by atoms with Crippen LogP contribution in [0.25, 0.3) is 0 Å². The van der Waals surface area contributed by atoms with E-state index in [-0.39, 0.29) is 16.9 Å². The lowest BCUT2D eigenvalue weighted by atomic mass is 9.83. The Bertz CT molecular complexity index is 449. The summed E-state index contributed by atoms with van der Waals surface area (Å²) in [6.07, 6.45) is 3.09. The van der Waals surface area contributed by atoms with Crippen LogP contribution in [-0.2, 0) is 0 Å². The van der Waals surface area contributed by atoms with Gasteiger partial charge in [0, 0.05) is 18.3 Å². The monoisotopic (exact) mass is 349 g/mol. The molecular weight excluding hydrogens is 306 g/mol. The molecule has 0 aromatic rings. The molecule has 0 aliphatic heterocycles. The van der Waals surface area contributed by atoms with E-state index in [2.05, 4.69) is 91.1 Å². The Hall–Kier alpha value is -1.38. The number of hydrogen-bond acceptors (Lipinski definition) is 3. The maximum atomic E-state index is 4.22. The Morgan fingerprint density at radius 3 is 1.92 bits per heavy atom. The Morgan fingerprint density at radius 2 is 1.52 bits per heavy atom. The predicted octanol–water partition coefficient (Wildman–Crippen LogP) is 5.34. The van der Waals surface area contributed by atoms with Gasteiger partial charge in [0.2, 0.25) is 0 Å². The van der Waals surface area contributed by atoms with Gasteiger partial charge >= 0.3 is 0 Å². The lowest BCUT2D eigenvalue weighted by molar-refractivity contribution is 0.286. The Morgan fingerprint density at radius 1 is 0.960 bits per heavy atom. The van der Waals surface area contributed by atoms with E-state index in [9.17, 15) is 0 Å².